The van der Waals surface area contributed by atoms with Gasteiger partial charge in [0.15, 0.2) is 0 Å². The number of nitriles is 1. The largest absolute Gasteiger partial charge is 0.392 e. The highest BCUT2D eigenvalue weighted by molar-refractivity contribution is 6.04. The molecule has 3 N–H and O–H groups in total. The first-order valence-electron chi connectivity index (χ1n) is 12.5. The Balaban J connectivity index is 1.64. The van der Waals surface area contributed by atoms with Gasteiger partial charge in [0.2, 0.25) is 5.95 Å². The van der Waals surface area contributed by atoms with Crippen molar-refractivity contribution in [1.82, 2.24) is 19.9 Å². The van der Waals surface area contributed by atoms with E-state index in [9.17, 15) is 15.2 Å². The van der Waals surface area contributed by atoms with Crippen LogP contribution in [0.5, 0.6) is 0 Å². The van der Waals surface area contributed by atoms with E-state index in [1.54, 1.807) is 39.1 Å². The number of nitrogens with zero attached hydrogens (tertiary/aromatic N) is 6. The van der Waals surface area contributed by atoms with Gasteiger partial charge in [-0.2, -0.15) is 10.2 Å². The van der Waals surface area contributed by atoms with Crippen molar-refractivity contribution in [3.63, 3.8) is 0 Å². The third kappa shape index (κ3) is 6.40. The summed E-state index contributed by atoms with van der Waals surface area (Å²) in [6, 6.07) is 9.16. The Morgan fingerprint density at radius 1 is 1.24 bits per heavy atom. The molecule has 3 aromatic heterocycles. The zero-order valence-electron chi connectivity index (χ0n) is 22.0. The summed E-state index contributed by atoms with van der Waals surface area (Å²) in [5.41, 5.74) is 2.70. The SMILES string of the molecule is Cc1ncc(NC(=O)c2ccnc(C(C)(C)C#N)c2)cc1-c1cc(N2CCOCC2)nc(NC[C@H](C)O)n1. The first-order chi connectivity index (χ1) is 18.2. The van der Waals surface area contributed by atoms with Gasteiger partial charge in [0.1, 0.15) is 5.82 Å². The summed E-state index contributed by atoms with van der Waals surface area (Å²) in [7, 11) is 0. The molecule has 0 radical (unpaired) electrons. The van der Waals surface area contributed by atoms with E-state index in [-0.39, 0.29) is 5.91 Å². The molecule has 1 aliphatic rings. The Labute approximate surface area is 221 Å². The van der Waals surface area contributed by atoms with Crippen molar-refractivity contribution < 1.29 is 14.6 Å². The van der Waals surface area contributed by atoms with Gasteiger partial charge in [0.25, 0.3) is 5.91 Å². The molecule has 0 aromatic carbocycles. The number of aliphatic hydroxyl groups is 1. The first kappa shape index (κ1) is 26.9. The molecule has 198 valence electrons. The summed E-state index contributed by atoms with van der Waals surface area (Å²) in [4.78, 5) is 33.2. The lowest BCUT2D eigenvalue weighted by molar-refractivity contribution is 0.102. The van der Waals surface area contributed by atoms with Gasteiger partial charge < -0.3 is 25.4 Å². The Morgan fingerprint density at radius 2 is 2.00 bits per heavy atom. The second-order valence-electron chi connectivity index (χ2n) is 9.74. The van der Waals surface area contributed by atoms with Gasteiger partial charge in [-0.25, -0.2) is 4.98 Å². The van der Waals surface area contributed by atoms with Crippen LogP contribution in [0.3, 0.4) is 0 Å². The van der Waals surface area contributed by atoms with E-state index in [1.165, 1.54) is 6.20 Å². The number of hydrogen-bond acceptors (Lipinski definition) is 10. The summed E-state index contributed by atoms with van der Waals surface area (Å²) < 4.78 is 5.48. The number of hydrogen-bond donors (Lipinski definition) is 3. The highest BCUT2D eigenvalue weighted by Gasteiger charge is 2.23. The van der Waals surface area contributed by atoms with Gasteiger partial charge in [-0.3, -0.25) is 14.8 Å². The third-order valence-corrected chi connectivity index (χ3v) is 6.17. The Hall–Kier alpha value is -4.14. The maximum Gasteiger partial charge on any atom is 0.255 e. The van der Waals surface area contributed by atoms with Crippen molar-refractivity contribution in [3.05, 3.63) is 53.6 Å². The number of ether oxygens (including phenoxy) is 1. The highest BCUT2D eigenvalue weighted by atomic mass is 16.5. The van der Waals surface area contributed by atoms with Crippen molar-refractivity contribution in [2.45, 2.75) is 39.2 Å². The molecule has 1 fully saturated rings. The molecule has 38 heavy (non-hydrogen) atoms. The summed E-state index contributed by atoms with van der Waals surface area (Å²) in [6.07, 6.45) is 2.55. The number of aliphatic hydroxyl groups excluding tert-OH is 1. The first-order valence-corrected chi connectivity index (χ1v) is 12.5. The second kappa shape index (κ2) is 11.5. The maximum atomic E-state index is 13.1. The lowest BCUT2D eigenvalue weighted by atomic mass is 9.90. The average Bonchev–Trinajstić information content (AvgIpc) is 2.93. The van der Waals surface area contributed by atoms with Crippen LogP contribution in [-0.4, -0.2) is 69.9 Å². The average molecular weight is 517 g/mol. The molecule has 0 spiro atoms. The Morgan fingerprint density at radius 3 is 2.71 bits per heavy atom. The van der Waals surface area contributed by atoms with Crippen LogP contribution in [0.25, 0.3) is 11.3 Å². The molecule has 1 saturated heterocycles. The standard InChI is InChI=1S/C27H32N8O3/c1-17(36)14-31-26-33-22(13-24(34-26)35-7-9-38-10-8-35)21-12-20(15-30-18(21)2)32-25(37)19-5-6-29-23(11-19)27(3,4)16-28/h5-6,11-13,15,17,36H,7-10,14H2,1-4H3,(H,32,37)(H,31,33,34)/t17-/m0/s1. The number of carbonyl (C=O) groups is 1. The van der Waals surface area contributed by atoms with E-state index in [1.807, 2.05) is 19.1 Å². The molecule has 11 heteroatoms. The van der Waals surface area contributed by atoms with Gasteiger partial charge in [0.05, 0.1) is 54.1 Å². The van der Waals surface area contributed by atoms with E-state index in [0.29, 0.717) is 61.4 Å². The number of amides is 1. The van der Waals surface area contributed by atoms with E-state index in [0.717, 1.165) is 17.1 Å². The second-order valence-corrected chi connectivity index (χ2v) is 9.74. The monoisotopic (exact) mass is 516 g/mol. The summed E-state index contributed by atoms with van der Waals surface area (Å²) in [5.74, 6) is 0.794. The Kier molecular flexibility index (Phi) is 8.14. The van der Waals surface area contributed by atoms with Crippen LogP contribution in [0.15, 0.2) is 36.7 Å². The van der Waals surface area contributed by atoms with Crippen LogP contribution in [0.4, 0.5) is 17.5 Å². The minimum Gasteiger partial charge on any atom is -0.392 e. The molecule has 0 bridgehead atoms. The van der Waals surface area contributed by atoms with Crippen LogP contribution in [-0.2, 0) is 10.2 Å². The van der Waals surface area contributed by atoms with Gasteiger partial charge in [-0.15, -0.1) is 0 Å². The van der Waals surface area contributed by atoms with E-state index >= 15 is 0 Å². The van der Waals surface area contributed by atoms with Crippen molar-refractivity contribution in [2.24, 2.45) is 0 Å². The van der Waals surface area contributed by atoms with E-state index in [4.69, 9.17) is 4.74 Å². The van der Waals surface area contributed by atoms with E-state index in [2.05, 4.69) is 41.5 Å². The van der Waals surface area contributed by atoms with Gasteiger partial charge in [0, 0.05) is 48.7 Å². The Bertz CT molecular complexity index is 1350. The third-order valence-electron chi connectivity index (χ3n) is 6.17. The van der Waals surface area contributed by atoms with Crippen LogP contribution < -0.4 is 15.5 Å². The number of morpholine rings is 1. The number of aromatic nitrogens is 4. The minimum atomic E-state index is -0.820. The molecule has 1 aliphatic heterocycles. The lowest BCUT2D eigenvalue weighted by Gasteiger charge is -2.28. The quantitative estimate of drug-likeness (QED) is 0.408. The molecule has 0 saturated carbocycles. The molecule has 11 nitrogen and oxygen atoms in total. The zero-order valence-corrected chi connectivity index (χ0v) is 22.0. The topological polar surface area (TPSA) is 149 Å². The molecule has 0 aliphatic carbocycles. The van der Waals surface area contributed by atoms with Crippen molar-refractivity contribution in [1.29, 1.82) is 5.26 Å². The maximum absolute atomic E-state index is 13.1. The number of pyridine rings is 2. The summed E-state index contributed by atoms with van der Waals surface area (Å²) >= 11 is 0. The predicted molar refractivity (Wildman–Crippen MR) is 144 cm³/mol. The number of nitrogens with one attached hydrogen (secondary N) is 2. The van der Waals surface area contributed by atoms with E-state index < -0.39 is 11.5 Å². The van der Waals surface area contributed by atoms with Crippen molar-refractivity contribution >= 4 is 23.4 Å². The van der Waals surface area contributed by atoms with Crippen molar-refractivity contribution in [3.8, 4) is 17.3 Å². The smallest absolute Gasteiger partial charge is 0.255 e. The van der Waals surface area contributed by atoms with Crippen LogP contribution in [0.2, 0.25) is 0 Å². The number of anilines is 3. The fourth-order valence-corrected chi connectivity index (χ4v) is 3.88. The number of rotatable bonds is 8. The molecule has 4 heterocycles. The van der Waals surface area contributed by atoms with Crippen LogP contribution in [0, 0.1) is 18.3 Å². The predicted octanol–water partition coefficient (Wildman–Crippen LogP) is 2.92. The number of aryl methyl sites for hydroxylation is 1. The molecular formula is C27H32N8O3. The molecular weight excluding hydrogens is 484 g/mol. The van der Waals surface area contributed by atoms with Crippen LogP contribution >= 0.6 is 0 Å². The van der Waals surface area contributed by atoms with Gasteiger partial charge in [-0.1, -0.05) is 0 Å². The number of carbonyl (C=O) groups excluding carboxylic acids is 1. The fourth-order valence-electron chi connectivity index (χ4n) is 3.88. The van der Waals surface area contributed by atoms with Gasteiger partial charge >= 0.3 is 0 Å². The van der Waals surface area contributed by atoms with Gasteiger partial charge in [-0.05, 0) is 45.9 Å². The molecule has 3 aromatic rings. The van der Waals surface area contributed by atoms with Crippen LogP contribution in [0.1, 0.15) is 42.5 Å². The van der Waals surface area contributed by atoms with Crippen molar-refractivity contribution in [2.75, 3.05) is 48.4 Å². The molecule has 0 unspecified atom stereocenters. The molecule has 4 rings (SSSR count). The molecule has 1 amide bonds. The fraction of sp³-hybridized carbons (Fsp3) is 0.407. The minimum absolute atomic E-state index is 0.301. The zero-order chi connectivity index (χ0) is 27.3. The normalized spacial score (nSPS) is 14.5. The highest BCUT2D eigenvalue weighted by Crippen LogP contribution is 2.28. The lowest BCUT2D eigenvalue weighted by Crippen LogP contribution is -2.37. The summed E-state index contributed by atoms with van der Waals surface area (Å²) in [6.45, 7) is 10.0. The molecule has 1 atom stereocenters. The summed E-state index contributed by atoms with van der Waals surface area (Å²) in [5, 5.41) is 25.2.